The number of piperidine rings is 1. The lowest BCUT2D eigenvalue weighted by Gasteiger charge is -2.18. The summed E-state index contributed by atoms with van der Waals surface area (Å²) >= 11 is 0. The Morgan fingerprint density at radius 1 is 1.11 bits per heavy atom. The molecule has 1 saturated heterocycles. The Morgan fingerprint density at radius 3 is 2.79 bits per heavy atom. The van der Waals surface area contributed by atoms with Crippen LogP contribution in [0.2, 0.25) is 0 Å². The molecule has 0 radical (unpaired) electrons. The molecule has 0 spiro atoms. The molecule has 0 aromatic carbocycles. The number of allylic oxidation sites excluding steroid dienone is 2. The topological polar surface area (TPSA) is 66.5 Å². The van der Waals surface area contributed by atoms with Gasteiger partial charge in [-0.25, -0.2) is 0 Å². The van der Waals surface area contributed by atoms with Gasteiger partial charge >= 0.3 is 0 Å². The highest BCUT2D eigenvalue weighted by Crippen LogP contribution is 2.24. The van der Waals surface area contributed by atoms with Crippen LogP contribution in [0.15, 0.2) is 5.70 Å². The Hall–Kier alpha value is -1.83. The van der Waals surface area contributed by atoms with Crippen molar-refractivity contribution < 1.29 is 0 Å². The van der Waals surface area contributed by atoms with Gasteiger partial charge in [-0.15, -0.1) is 10.2 Å². The molecule has 100 valence electrons. The van der Waals surface area contributed by atoms with Crippen LogP contribution in [-0.4, -0.2) is 21.3 Å². The molecule has 5 heteroatoms. The zero-order valence-electron chi connectivity index (χ0n) is 11.2. The summed E-state index contributed by atoms with van der Waals surface area (Å²) in [5, 5.41) is 21.4. The summed E-state index contributed by atoms with van der Waals surface area (Å²) in [4.78, 5) is 0. The summed E-state index contributed by atoms with van der Waals surface area (Å²) in [7, 11) is 0. The van der Waals surface area contributed by atoms with Crippen molar-refractivity contribution in [2.45, 2.75) is 51.5 Å². The minimum Gasteiger partial charge on any atom is -0.387 e. The van der Waals surface area contributed by atoms with E-state index < -0.39 is 0 Å². The number of hydrogen-bond donors (Lipinski definition) is 1. The molecule has 2 aliphatic rings. The zero-order valence-corrected chi connectivity index (χ0v) is 11.2. The SMILES string of the molecule is N#C/C(=C1\CCCCN1)c1nnc2n1CCCCC2. The molecule has 1 aromatic heterocycles. The lowest BCUT2D eigenvalue weighted by molar-refractivity contribution is 0.587. The van der Waals surface area contributed by atoms with E-state index in [-0.39, 0.29) is 0 Å². The summed E-state index contributed by atoms with van der Waals surface area (Å²) < 4.78 is 2.15. The molecular weight excluding hydrogens is 238 g/mol. The number of fused-ring (bicyclic) bond motifs is 1. The van der Waals surface area contributed by atoms with Crippen molar-refractivity contribution >= 4 is 5.57 Å². The average molecular weight is 257 g/mol. The van der Waals surface area contributed by atoms with E-state index in [1.165, 1.54) is 19.3 Å². The molecule has 0 bridgehead atoms. The van der Waals surface area contributed by atoms with Gasteiger partial charge in [-0.2, -0.15) is 5.26 Å². The van der Waals surface area contributed by atoms with Crippen molar-refractivity contribution in [1.29, 1.82) is 5.26 Å². The molecule has 3 rings (SSSR count). The number of aromatic nitrogens is 3. The first-order valence-electron chi connectivity index (χ1n) is 7.19. The Morgan fingerprint density at radius 2 is 2.00 bits per heavy atom. The summed E-state index contributed by atoms with van der Waals surface area (Å²) in [5.41, 5.74) is 1.74. The number of aryl methyl sites for hydroxylation is 1. The quantitative estimate of drug-likeness (QED) is 0.781. The molecule has 1 aromatic rings. The van der Waals surface area contributed by atoms with Gasteiger partial charge in [-0.05, 0) is 32.1 Å². The van der Waals surface area contributed by atoms with Crippen molar-refractivity contribution in [1.82, 2.24) is 20.1 Å². The van der Waals surface area contributed by atoms with E-state index in [0.717, 1.165) is 56.1 Å². The second kappa shape index (κ2) is 5.43. The lowest BCUT2D eigenvalue weighted by atomic mass is 10.0. The monoisotopic (exact) mass is 257 g/mol. The number of nitriles is 1. The predicted octanol–water partition coefficient (Wildman–Crippen LogP) is 2.01. The maximum Gasteiger partial charge on any atom is 0.176 e. The standard InChI is InChI=1S/C14H19N5/c15-10-11(12-6-3-4-8-16-12)14-18-17-13-7-2-1-5-9-19(13)14/h16H,1-9H2/b12-11-. The fourth-order valence-corrected chi connectivity index (χ4v) is 2.89. The Kier molecular flexibility index (Phi) is 3.49. The highest BCUT2D eigenvalue weighted by Gasteiger charge is 2.21. The fraction of sp³-hybridized carbons (Fsp3) is 0.643. The van der Waals surface area contributed by atoms with Gasteiger partial charge in [0.15, 0.2) is 5.82 Å². The summed E-state index contributed by atoms with van der Waals surface area (Å²) in [6, 6.07) is 2.34. The summed E-state index contributed by atoms with van der Waals surface area (Å²) in [6.07, 6.45) is 7.82. The van der Waals surface area contributed by atoms with E-state index in [1.807, 2.05) is 0 Å². The van der Waals surface area contributed by atoms with E-state index in [0.29, 0.717) is 5.57 Å². The van der Waals surface area contributed by atoms with Crippen LogP contribution in [0.3, 0.4) is 0 Å². The maximum atomic E-state index is 9.49. The molecule has 0 saturated carbocycles. The molecule has 0 unspecified atom stereocenters. The average Bonchev–Trinajstić information content (AvgIpc) is 2.71. The normalized spacial score (nSPS) is 21.8. The van der Waals surface area contributed by atoms with Crippen molar-refractivity contribution in [3.63, 3.8) is 0 Å². The highest BCUT2D eigenvalue weighted by molar-refractivity contribution is 5.75. The predicted molar refractivity (Wildman–Crippen MR) is 72.0 cm³/mol. The van der Waals surface area contributed by atoms with Gasteiger partial charge in [0.05, 0.1) is 0 Å². The Balaban J connectivity index is 2.00. The molecule has 0 atom stereocenters. The van der Waals surface area contributed by atoms with E-state index in [9.17, 15) is 5.26 Å². The van der Waals surface area contributed by atoms with Crippen molar-refractivity contribution in [3.8, 4) is 6.07 Å². The molecule has 5 nitrogen and oxygen atoms in total. The van der Waals surface area contributed by atoms with Gasteiger partial charge in [0.2, 0.25) is 0 Å². The first kappa shape index (κ1) is 12.2. The van der Waals surface area contributed by atoms with Crippen molar-refractivity contribution in [2.75, 3.05) is 6.54 Å². The molecule has 1 fully saturated rings. The third-order valence-corrected chi connectivity index (χ3v) is 3.94. The van der Waals surface area contributed by atoms with Crippen LogP contribution in [0.4, 0.5) is 0 Å². The van der Waals surface area contributed by atoms with Crippen LogP contribution in [-0.2, 0) is 13.0 Å². The van der Waals surface area contributed by atoms with Crippen LogP contribution in [0.5, 0.6) is 0 Å². The number of nitrogens with zero attached hydrogens (tertiary/aromatic N) is 4. The third-order valence-electron chi connectivity index (χ3n) is 3.94. The van der Waals surface area contributed by atoms with E-state index in [1.54, 1.807) is 0 Å². The largest absolute Gasteiger partial charge is 0.387 e. The minimum atomic E-state index is 0.695. The molecular formula is C14H19N5. The number of hydrogen-bond acceptors (Lipinski definition) is 4. The molecule has 1 N–H and O–H groups in total. The van der Waals surface area contributed by atoms with E-state index in [4.69, 9.17) is 0 Å². The Bertz CT molecular complexity index is 527. The number of rotatable bonds is 1. The second-order valence-corrected chi connectivity index (χ2v) is 5.25. The molecule has 19 heavy (non-hydrogen) atoms. The lowest BCUT2D eigenvalue weighted by Crippen LogP contribution is -2.22. The van der Waals surface area contributed by atoms with Crippen LogP contribution >= 0.6 is 0 Å². The Labute approximate surface area is 113 Å². The smallest absolute Gasteiger partial charge is 0.176 e. The first-order chi connectivity index (χ1) is 9.40. The van der Waals surface area contributed by atoms with E-state index in [2.05, 4.69) is 26.2 Å². The second-order valence-electron chi connectivity index (χ2n) is 5.25. The van der Waals surface area contributed by atoms with Gasteiger partial charge in [0, 0.05) is 25.2 Å². The fourth-order valence-electron chi connectivity index (χ4n) is 2.89. The molecule has 3 heterocycles. The van der Waals surface area contributed by atoms with Crippen LogP contribution in [0, 0.1) is 11.3 Å². The molecule has 2 aliphatic heterocycles. The van der Waals surface area contributed by atoms with Gasteiger partial charge in [0.1, 0.15) is 17.5 Å². The summed E-state index contributed by atoms with van der Waals surface area (Å²) in [5.74, 6) is 1.81. The zero-order chi connectivity index (χ0) is 13.1. The first-order valence-corrected chi connectivity index (χ1v) is 7.19. The molecule has 0 amide bonds. The van der Waals surface area contributed by atoms with Gasteiger partial charge < -0.3 is 9.88 Å². The van der Waals surface area contributed by atoms with Gasteiger partial charge in [-0.3, -0.25) is 0 Å². The van der Waals surface area contributed by atoms with Crippen LogP contribution in [0.25, 0.3) is 5.57 Å². The van der Waals surface area contributed by atoms with Crippen LogP contribution < -0.4 is 5.32 Å². The molecule has 0 aliphatic carbocycles. The van der Waals surface area contributed by atoms with E-state index >= 15 is 0 Å². The minimum absolute atomic E-state index is 0.695. The summed E-state index contributed by atoms with van der Waals surface area (Å²) in [6.45, 7) is 1.90. The van der Waals surface area contributed by atoms with Crippen molar-refractivity contribution in [2.24, 2.45) is 0 Å². The van der Waals surface area contributed by atoms with Crippen molar-refractivity contribution in [3.05, 3.63) is 17.3 Å². The maximum absolute atomic E-state index is 9.49. The van der Waals surface area contributed by atoms with Gasteiger partial charge in [-0.1, -0.05) is 6.42 Å². The highest BCUT2D eigenvalue weighted by atomic mass is 15.3. The van der Waals surface area contributed by atoms with Crippen LogP contribution in [0.1, 0.15) is 50.2 Å². The van der Waals surface area contributed by atoms with Gasteiger partial charge in [0.25, 0.3) is 0 Å². The number of nitrogens with one attached hydrogen (secondary N) is 1. The third kappa shape index (κ3) is 2.35.